The number of benzene rings is 2. The molecule has 2 N–H and O–H groups in total. The highest BCUT2D eigenvalue weighted by Crippen LogP contribution is 2.31. The molecule has 11 heteroatoms. The molecular weight excluding hydrogens is 424 g/mol. The van der Waals surface area contributed by atoms with Gasteiger partial charge in [-0.15, -0.1) is 10.2 Å². The Morgan fingerprint density at radius 3 is 2.68 bits per heavy atom. The van der Waals surface area contributed by atoms with Crippen molar-refractivity contribution in [2.24, 2.45) is 0 Å². The van der Waals surface area contributed by atoms with E-state index in [1.807, 2.05) is 0 Å². The van der Waals surface area contributed by atoms with E-state index < -0.39 is 15.9 Å². The summed E-state index contributed by atoms with van der Waals surface area (Å²) in [5, 5.41) is 10.2. The van der Waals surface area contributed by atoms with Crippen molar-refractivity contribution in [1.82, 2.24) is 10.2 Å². The second kappa shape index (κ2) is 8.55. The summed E-state index contributed by atoms with van der Waals surface area (Å²) in [4.78, 5) is 11.8. The highest BCUT2D eigenvalue weighted by Gasteiger charge is 2.21. The van der Waals surface area contributed by atoms with Crippen molar-refractivity contribution in [2.45, 2.75) is 11.8 Å². The minimum atomic E-state index is -3.94. The Hall–Kier alpha value is -2.69. The van der Waals surface area contributed by atoms with Crippen molar-refractivity contribution in [3.05, 3.63) is 58.6 Å². The van der Waals surface area contributed by atoms with E-state index in [0.29, 0.717) is 16.4 Å². The minimum Gasteiger partial charge on any atom is -0.483 e. The number of carbonyl (C=O) groups is 1. The molecule has 1 amide bonds. The number of aryl methyl sites for hydroxylation is 1. The van der Waals surface area contributed by atoms with E-state index >= 15 is 0 Å². The van der Waals surface area contributed by atoms with Gasteiger partial charge in [0.1, 0.15) is 16.2 Å². The zero-order valence-electron chi connectivity index (χ0n) is 14.5. The number of ether oxygens (including phenoxy) is 1. The quantitative estimate of drug-likeness (QED) is 0.585. The average Bonchev–Trinajstić information content (AvgIpc) is 3.14. The fraction of sp³-hybridized carbons (Fsp3) is 0.118. The van der Waals surface area contributed by atoms with Crippen LogP contribution in [0, 0.1) is 6.92 Å². The van der Waals surface area contributed by atoms with Crippen LogP contribution in [0.3, 0.4) is 0 Å². The Labute approximate surface area is 170 Å². The van der Waals surface area contributed by atoms with Crippen molar-refractivity contribution in [3.63, 3.8) is 0 Å². The number of aromatic nitrogens is 2. The number of para-hydroxylation sites is 1. The molecule has 28 heavy (non-hydrogen) atoms. The largest absolute Gasteiger partial charge is 0.483 e. The third kappa shape index (κ3) is 4.97. The second-order valence-electron chi connectivity index (χ2n) is 5.60. The van der Waals surface area contributed by atoms with Gasteiger partial charge in [-0.05, 0) is 30.7 Å². The van der Waals surface area contributed by atoms with E-state index in [1.54, 1.807) is 37.3 Å². The summed E-state index contributed by atoms with van der Waals surface area (Å²) in [7, 11) is -3.94. The van der Waals surface area contributed by atoms with Crippen LogP contribution >= 0.6 is 22.9 Å². The fourth-order valence-electron chi connectivity index (χ4n) is 2.24. The number of sulfonamides is 1. The van der Waals surface area contributed by atoms with Gasteiger partial charge < -0.3 is 4.74 Å². The van der Waals surface area contributed by atoms with Crippen molar-refractivity contribution in [2.75, 3.05) is 16.6 Å². The van der Waals surface area contributed by atoms with Crippen LogP contribution in [-0.2, 0) is 14.8 Å². The molecule has 2 aromatic carbocycles. The van der Waals surface area contributed by atoms with Crippen LogP contribution in [0.1, 0.15) is 5.56 Å². The first-order valence-electron chi connectivity index (χ1n) is 7.92. The van der Waals surface area contributed by atoms with Gasteiger partial charge in [0, 0.05) is 11.8 Å². The van der Waals surface area contributed by atoms with Gasteiger partial charge in [0.05, 0.1) is 5.02 Å². The molecule has 3 aromatic rings. The number of nitrogens with one attached hydrogen (secondary N) is 2. The van der Waals surface area contributed by atoms with Gasteiger partial charge in [-0.2, -0.15) is 0 Å². The van der Waals surface area contributed by atoms with E-state index in [4.69, 9.17) is 16.3 Å². The number of hydrogen-bond donors (Lipinski definition) is 2. The van der Waals surface area contributed by atoms with Crippen LogP contribution in [0.25, 0.3) is 0 Å². The summed E-state index contributed by atoms with van der Waals surface area (Å²) in [6.45, 7) is 1.37. The van der Waals surface area contributed by atoms with Gasteiger partial charge in [0.2, 0.25) is 5.13 Å². The summed E-state index contributed by atoms with van der Waals surface area (Å²) in [5.74, 6) is -0.219. The average molecular weight is 439 g/mol. The summed E-state index contributed by atoms with van der Waals surface area (Å²) >= 11 is 7.31. The van der Waals surface area contributed by atoms with Crippen LogP contribution in [0.2, 0.25) is 5.02 Å². The van der Waals surface area contributed by atoms with Crippen molar-refractivity contribution < 1.29 is 17.9 Å². The van der Waals surface area contributed by atoms with Gasteiger partial charge in [0.15, 0.2) is 6.61 Å². The molecule has 1 heterocycles. The maximum atomic E-state index is 12.7. The molecule has 8 nitrogen and oxygen atoms in total. The number of nitrogens with zero attached hydrogens (tertiary/aromatic N) is 2. The topological polar surface area (TPSA) is 110 Å². The van der Waals surface area contributed by atoms with Crippen molar-refractivity contribution in [1.29, 1.82) is 0 Å². The van der Waals surface area contributed by atoms with Crippen molar-refractivity contribution in [3.8, 4) is 5.75 Å². The van der Waals surface area contributed by atoms with Gasteiger partial charge in [-0.3, -0.25) is 14.8 Å². The third-order valence-corrected chi connectivity index (χ3v) is 5.96. The lowest BCUT2D eigenvalue weighted by Crippen LogP contribution is -2.20. The molecule has 146 valence electrons. The minimum absolute atomic E-state index is 0.0478. The summed E-state index contributed by atoms with van der Waals surface area (Å²) < 4.78 is 33.3. The molecule has 0 aliphatic carbocycles. The number of carbonyl (C=O) groups excluding carboxylic acids is 1. The SMILES string of the molecule is Cc1cc(Cl)c(S(=O)(=O)Nc2ccccc2)cc1OCC(=O)Nc1nncs1. The number of hydrogen-bond acceptors (Lipinski definition) is 7. The summed E-state index contributed by atoms with van der Waals surface area (Å²) in [6.07, 6.45) is 0. The van der Waals surface area contributed by atoms with Crippen LogP contribution in [0.15, 0.2) is 52.9 Å². The maximum absolute atomic E-state index is 12.7. The molecular formula is C17H15ClN4O4S2. The molecule has 0 unspecified atom stereocenters. The highest BCUT2D eigenvalue weighted by molar-refractivity contribution is 7.92. The Balaban J connectivity index is 1.77. The number of rotatable bonds is 7. The van der Waals surface area contributed by atoms with Gasteiger partial charge in [-0.25, -0.2) is 8.42 Å². The first-order valence-corrected chi connectivity index (χ1v) is 10.7. The van der Waals surface area contributed by atoms with Gasteiger partial charge >= 0.3 is 0 Å². The van der Waals surface area contributed by atoms with Gasteiger partial charge in [0.25, 0.3) is 15.9 Å². The number of halogens is 1. The van der Waals surface area contributed by atoms with E-state index in [9.17, 15) is 13.2 Å². The first kappa shape index (κ1) is 20.1. The Bertz CT molecular complexity index is 1070. The lowest BCUT2D eigenvalue weighted by molar-refractivity contribution is -0.118. The molecule has 3 rings (SSSR count). The van der Waals surface area contributed by atoms with Crippen LogP contribution in [0.4, 0.5) is 10.8 Å². The molecule has 1 aromatic heterocycles. The zero-order chi connectivity index (χ0) is 20.1. The summed E-state index contributed by atoms with van der Waals surface area (Å²) in [5.41, 5.74) is 2.47. The van der Waals surface area contributed by atoms with Crippen molar-refractivity contribution >= 4 is 49.7 Å². The third-order valence-electron chi connectivity index (χ3n) is 3.51. The van der Waals surface area contributed by atoms with E-state index in [0.717, 1.165) is 0 Å². The lowest BCUT2D eigenvalue weighted by Gasteiger charge is -2.14. The van der Waals surface area contributed by atoms with E-state index in [2.05, 4.69) is 20.2 Å². The molecule has 0 aliphatic rings. The predicted octanol–water partition coefficient (Wildman–Crippen LogP) is 3.32. The van der Waals surface area contributed by atoms with Gasteiger partial charge in [-0.1, -0.05) is 41.1 Å². The van der Waals surface area contributed by atoms with Crippen LogP contribution < -0.4 is 14.8 Å². The molecule has 0 spiro atoms. The standard InChI is InChI=1S/C17H15ClN4O4S2/c1-11-7-13(18)15(28(24,25)22-12-5-3-2-4-6-12)8-14(11)26-9-16(23)20-17-21-19-10-27-17/h2-8,10,22H,9H2,1H3,(H,20,21,23). The zero-order valence-corrected chi connectivity index (χ0v) is 16.9. The first-order chi connectivity index (χ1) is 13.3. The number of anilines is 2. The Morgan fingerprint density at radius 1 is 1.25 bits per heavy atom. The molecule has 0 bridgehead atoms. The van der Waals surface area contributed by atoms with Crippen LogP contribution in [-0.4, -0.2) is 31.1 Å². The highest BCUT2D eigenvalue weighted by atomic mass is 35.5. The normalized spacial score (nSPS) is 11.1. The molecule has 0 atom stereocenters. The monoisotopic (exact) mass is 438 g/mol. The number of amides is 1. The maximum Gasteiger partial charge on any atom is 0.264 e. The molecule has 0 fully saturated rings. The lowest BCUT2D eigenvalue weighted by atomic mass is 10.2. The predicted molar refractivity (Wildman–Crippen MR) is 107 cm³/mol. The molecule has 0 aliphatic heterocycles. The van der Waals surface area contributed by atoms with E-state index in [-0.39, 0.29) is 22.3 Å². The fourth-order valence-corrected chi connectivity index (χ4v) is 4.36. The molecule has 0 saturated carbocycles. The molecule has 0 radical (unpaired) electrons. The van der Waals surface area contributed by atoms with E-state index in [1.165, 1.54) is 29.0 Å². The smallest absolute Gasteiger partial charge is 0.264 e. The Kier molecular flexibility index (Phi) is 6.12. The second-order valence-corrected chi connectivity index (χ2v) is 8.49. The Morgan fingerprint density at radius 2 is 2.00 bits per heavy atom. The summed E-state index contributed by atoms with van der Waals surface area (Å²) in [6, 6.07) is 11.2. The molecule has 0 saturated heterocycles. The van der Waals surface area contributed by atoms with Crippen LogP contribution in [0.5, 0.6) is 5.75 Å².